The normalized spacial score (nSPS) is 13.8. The highest BCUT2D eigenvalue weighted by Gasteiger charge is 2.14. The molecule has 2 nitrogen and oxygen atoms in total. The number of thiophene rings is 1. The molecule has 0 unspecified atom stereocenters. The molecule has 0 saturated carbocycles. The third-order valence-electron chi connectivity index (χ3n) is 3.41. The zero-order valence-electron chi connectivity index (χ0n) is 10.5. The second kappa shape index (κ2) is 5.63. The number of fused-ring (bicyclic) bond motifs is 1. The van der Waals surface area contributed by atoms with Crippen molar-refractivity contribution in [3.05, 3.63) is 51.5 Å². The SMILES string of the molecule is c1cncc(CCNCc2cc3c(s2)CCC3)c1. The van der Waals surface area contributed by atoms with Crippen LogP contribution in [0.1, 0.15) is 27.3 Å². The minimum atomic E-state index is 1.01. The number of rotatable bonds is 5. The molecule has 94 valence electrons. The molecule has 0 saturated heterocycles. The molecule has 3 rings (SSSR count). The van der Waals surface area contributed by atoms with E-state index in [1.165, 1.54) is 29.7 Å². The van der Waals surface area contributed by atoms with Crippen LogP contribution in [0.4, 0.5) is 0 Å². The number of pyridine rings is 1. The Kier molecular flexibility index (Phi) is 3.72. The lowest BCUT2D eigenvalue weighted by Gasteiger charge is -2.03. The molecule has 0 aliphatic heterocycles. The summed E-state index contributed by atoms with van der Waals surface area (Å²) in [6, 6.07) is 6.53. The van der Waals surface area contributed by atoms with Gasteiger partial charge >= 0.3 is 0 Å². The van der Waals surface area contributed by atoms with E-state index >= 15 is 0 Å². The minimum absolute atomic E-state index is 1.01. The van der Waals surface area contributed by atoms with Crippen molar-refractivity contribution in [3.8, 4) is 0 Å². The smallest absolute Gasteiger partial charge is 0.0300 e. The predicted octanol–water partition coefficient (Wildman–Crippen LogP) is 2.96. The minimum Gasteiger partial charge on any atom is -0.312 e. The summed E-state index contributed by atoms with van der Waals surface area (Å²) in [4.78, 5) is 7.25. The zero-order valence-corrected chi connectivity index (χ0v) is 11.3. The molecule has 0 spiro atoms. The highest BCUT2D eigenvalue weighted by molar-refractivity contribution is 7.12. The molecule has 1 aliphatic rings. The number of aryl methyl sites for hydroxylation is 2. The fraction of sp³-hybridized carbons (Fsp3) is 0.400. The monoisotopic (exact) mass is 258 g/mol. The second-order valence-electron chi connectivity index (χ2n) is 4.80. The van der Waals surface area contributed by atoms with Gasteiger partial charge in [0.25, 0.3) is 0 Å². The van der Waals surface area contributed by atoms with E-state index in [0.29, 0.717) is 0 Å². The number of hydrogen-bond acceptors (Lipinski definition) is 3. The lowest BCUT2D eigenvalue weighted by molar-refractivity contribution is 0.692. The van der Waals surface area contributed by atoms with Crippen molar-refractivity contribution < 1.29 is 0 Å². The molecule has 0 radical (unpaired) electrons. The van der Waals surface area contributed by atoms with Crippen LogP contribution in [0, 0.1) is 0 Å². The van der Waals surface area contributed by atoms with Gasteiger partial charge in [0, 0.05) is 28.7 Å². The summed E-state index contributed by atoms with van der Waals surface area (Å²) < 4.78 is 0. The molecular formula is C15H18N2S. The first-order valence-electron chi connectivity index (χ1n) is 6.62. The van der Waals surface area contributed by atoms with Crippen LogP contribution in [0.5, 0.6) is 0 Å². The molecule has 1 N–H and O–H groups in total. The summed E-state index contributed by atoms with van der Waals surface area (Å²) in [5.74, 6) is 0. The maximum absolute atomic E-state index is 4.13. The molecule has 2 aromatic heterocycles. The van der Waals surface area contributed by atoms with Crippen molar-refractivity contribution in [2.75, 3.05) is 6.54 Å². The Bertz CT molecular complexity index is 483. The maximum atomic E-state index is 4.13. The van der Waals surface area contributed by atoms with E-state index in [1.54, 1.807) is 10.4 Å². The first-order valence-corrected chi connectivity index (χ1v) is 7.43. The van der Waals surface area contributed by atoms with Gasteiger partial charge in [-0.2, -0.15) is 0 Å². The molecular weight excluding hydrogens is 240 g/mol. The topological polar surface area (TPSA) is 24.9 Å². The first kappa shape index (κ1) is 11.9. The van der Waals surface area contributed by atoms with E-state index in [4.69, 9.17) is 0 Å². The highest BCUT2D eigenvalue weighted by atomic mass is 32.1. The number of nitrogens with zero attached hydrogens (tertiary/aromatic N) is 1. The third-order valence-corrected chi connectivity index (χ3v) is 4.65. The summed E-state index contributed by atoms with van der Waals surface area (Å²) >= 11 is 1.99. The number of hydrogen-bond donors (Lipinski definition) is 1. The Labute approximate surface area is 112 Å². The molecule has 1 aliphatic carbocycles. The van der Waals surface area contributed by atoms with E-state index in [9.17, 15) is 0 Å². The van der Waals surface area contributed by atoms with Gasteiger partial charge in [-0.3, -0.25) is 4.98 Å². The van der Waals surface area contributed by atoms with Gasteiger partial charge in [-0.25, -0.2) is 0 Å². The van der Waals surface area contributed by atoms with Gasteiger partial charge in [-0.15, -0.1) is 11.3 Å². The lowest BCUT2D eigenvalue weighted by atomic mass is 10.2. The van der Waals surface area contributed by atoms with E-state index in [1.807, 2.05) is 29.8 Å². The summed E-state index contributed by atoms with van der Waals surface area (Å²) in [6.45, 7) is 2.03. The summed E-state index contributed by atoms with van der Waals surface area (Å²) in [6.07, 6.45) is 8.78. The van der Waals surface area contributed by atoms with Crippen LogP contribution >= 0.6 is 11.3 Å². The van der Waals surface area contributed by atoms with Crippen molar-refractivity contribution in [1.82, 2.24) is 10.3 Å². The first-order chi connectivity index (χ1) is 8.92. The maximum Gasteiger partial charge on any atom is 0.0300 e. The molecule has 0 atom stereocenters. The third kappa shape index (κ3) is 2.79. The largest absolute Gasteiger partial charge is 0.312 e. The van der Waals surface area contributed by atoms with Gasteiger partial charge in [-0.1, -0.05) is 6.07 Å². The Hall–Kier alpha value is -1.19. The van der Waals surface area contributed by atoms with Crippen LogP contribution in [-0.2, 0) is 25.8 Å². The quantitative estimate of drug-likeness (QED) is 0.834. The van der Waals surface area contributed by atoms with Gasteiger partial charge in [-0.05, 0) is 55.5 Å². The van der Waals surface area contributed by atoms with Crippen LogP contribution < -0.4 is 5.32 Å². The van der Waals surface area contributed by atoms with E-state index in [2.05, 4.69) is 22.4 Å². The van der Waals surface area contributed by atoms with Crippen LogP contribution in [0.25, 0.3) is 0 Å². The van der Waals surface area contributed by atoms with Gasteiger partial charge in [0.15, 0.2) is 0 Å². The average molecular weight is 258 g/mol. The van der Waals surface area contributed by atoms with Gasteiger partial charge < -0.3 is 5.32 Å². The number of aromatic nitrogens is 1. The van der Waals surface area contributed by atoms with E-state index < -0.39 is 0 Å². The standard InChI is InChI=1S/C15H18N2S/c1-4-13-9-14(18-15(13)5-1)11-17-8-6-12-3-2-7-16-10-12/h2-3,7,9-10,17H,1,4-6,8,11H2. The molecule has 2 aromatic rings. The van der Waals surface area contributed by atoms with Crippen molar-refractivity contribution in [3.63, 3.8) is 0 Å². The Morgan fingerprint density at radius 1 is 1.33 bits per heavy atom. The average Bonchev–Trinajstić information content (AvgIpc) is 2.96. The van der Waals surface area contributed by atoms with Gasteiger partial charge in [0.2, 0.25) is 0 Å². The van der Waals surface area contributed by atoms with Gasteiger partial charge in [0.05, 0.1) is 0 Å². The number of nitrogens with one attached hydrogen (secondary N) is 1. The lowest BCUT2D eigenvalue weighted by Crippen LogP contribution is -2.16. The van der Waals surface area contributed by atoms with Crippen LogP contribution in [0.3, 0.4) is 0 Å². The van der Waals surface area contributed by atoms with Crippen LogP contribution in [-0.4, -0.2) is 11.5 Å². The Morgan fingerprint density at radius 2 is 2.33 bits per heavy atom. The van der Waals surface area contributed by atoms with E-state index in [0.717, 1.165) is 19.5 Å². The molecule has 0 aromatic carbocycles. The molecule has 0 bridgehead atoms. The molecule has 0 amide bonds. The fourth-order valence-electron chi connectivity index (χ4n) is 2.47. The molecule has 3 heteroatoms. The predicted molar refractivity (Wildman–Crippen MR) is 76.0 cm³/mol. The zero-order chi connectivity index (χ0) is 12.2. The summed E-state index contributed by atoms with van der Waals surface area (Å²) in [7, 11) is 0. The van der Waals surface area contributed by atoms with Gasteiger partial charge in [0.1, 0.15) is 0 Å². The summed E-state index contributed by atoms with van der Waals surface area (Å²) in [5.41, 5.74) is 2.91. The van der Waals surface area contributed by atoms with E-state index in [-0.39, 0.29) is 0 Å². The Morgan fingerprint density at radius 3 is 3.17 bits per heavy atom. The van der Waals surface area contributed by atoms with Crippen LogP contribution in [0.2, 0.25) is 0 Å². The summed E-state index contributed by atoms with van der Waals surface area (Å²) in [5, 5.41) is 3.52. The van der Waals surface area contributed by atoms with Crippen molar-refractivity contribution in [1.29, 1.82) is 0 Å². The van der Waals surface area contributed by atoms with Crippen molar-refractivity contribution in [2.45, 2.75) is 32.2 Å². The highest BCUT2D eigenvalue weighted by Crippen LogP contribution is 2.30. The fourth-order valence-corrected chi connectivity index (χ4v) is 3.70. The second-order valence-corrected chi connectivity index (χ2v) is 6.02. The Balaban J connectivity index is 1.44. The van der Waals surface area contributed by atoms with Crippen LogP contribution in [0.15, 0.2) is 30.6 Å². The molecule has 2 heterocycles. The molecule has 0 fully saturated rings. The van der Waals surface area contributed by atoms with Crippen molar-refractivity contribution in [2.24, 2.45) is 0 Å². The van der Waals surface area contributed by atoms with Crippen molar-refractivity contribution >= 4 is 11.3 Å². The molecule has 18 heavy (non-hydrogen) atoms.